The average molecular weight is 285 g/mol. The molecular weight excluding hydrogens is 270 g/mol. The molecule has 0 amide bonds. The molecule has 6 heteroatoms. The number of aldehydes is 1. The van der Waals surface area contributed by atoms with Gasteiger partial charge in [0.1, 0.15) is 5.69 Å². The van der Waals surface area contributed by atoms with Gasteiger partial charge in [-0.2, -0.15) is 5.10 Å². The van der Waals surface area contributed by atoms with Gasteiger partial charge < -0.3 is 0 Å². The van der Waals surface area contributed by atoms with Crippen molar-refractivity contribution in [3.8, 4) is 11.3 Å². The number of nitrogens with zero attached hydrogens (tertiary/aromatic N) is 3. The number of nitro groups is 1. The molecule has 2 aromatic rings. The second-order valence-electron chi connectivity index (χ2n) is 5.24. The van der Waals surface area contributed by atoms with E-state index in [1.54, 1.807) is 29.1 Å². The Balaban J connectivity index is 2.09. The maximum Gasteiger partial charge on any atom is 0.278 e. The molecular formula is C15H15N3O3. The second kappa shape index (κ2) is 5.47. The van der Waals surface area contributed by atoms with Crippen LogP contribution >= 0.6 is 0 Å². The Bertz CT molecular complexity index is 687. The Hall–Kier alpha value is -2.50. The summed E-state index contributed by atoms with van der Waals surface area (Å²) in [5, 5.41) is 15.6. The number of benzene rings is 1. The van der Waals surface area contributed by atoms with Crippen molar-refractivity contribution in [1.29, 1.82) is 0 Å². The molecule has 3 rings (SSSR count). The van der Waals surface area contributed by atoms with Crippen molar-refractivity contribution < 1.29 is 9.72 Å². The number of nitro benzene ring substituents is 1. The van der Waals surface area contributed by atoms with Crippen LogP contribution < -0.4 is 0 Å². The third-order valence-corrected chi connectivity index (χ3v) is 3.94. The van der Waals surface area contributed by atoms with E-state index in [0.717, 1.165) is 25.7 Å². The Morgan fingerprint density at radius 2 is 2.00 bits per heavy atom. The highest BCUT2D eigenvalue weighted by Gasteiger charge is 2.23. The fraction of sp³-hybridized carbons (Fsp3) is 0.333. The highest BCUT2D eigenvalue weighted by Crippen LogP contribution is 2.34. The first-order chi connectivity index (χ1) is 10.2. The molecule has 0 radical (unpaired) electrons. The van der Waals surface area contributed by atoms with Crippen LogP contribution in [0.5, 0.6) is 0 Å². The summed E-state index contributed by atoms with van der Waals surface area (Å²) in [4.78, 5) is 22.0. The number of para-hydroxylation sites is 1. The van der Waals surface area contributed by atoms with Crippen LogP contribution in [0.15, 0.2) is 30.5 Å². The predicted octanol–water partition coefficient (Wildman–Crippen LogP) is 3.39. The van der Waals surface area contributed by atoms with Crippen LogP contribution in [-0.4, -0.2) is 21.0 Å². The van der Waals surface area contributed by atoms with Gasteiger partial charge in [0.05, 0.1) is 22.1 Å². The number of hydrogen-bond acceptors (Lipinski definition) is 4. The maximum absolute atomic E-state index is 11.3. The minimum Gasteiger partial charge on any atom is -0.298 e. The van der Waals surface area contributed by atoms with E-state index >= 15 is 0 Å². The SMILES string of the molecule is O=Cc1cn(C2CCCC2)nc1-c1ccccc1[N+](=O)[O-]. The molecule has 1 saturated carbocycles. The predicted molar refractivity (Wildman–Crippen MR) is 77.2 cm³/mol. The van der Waals surface area contributed by atoms with Crippen LogP contribution in [0.25, 0.3) is 11.3 Å². The minimum absolute atomic E-state index is 0.0303. The van der Waals surface area contributed by atoms with Gasteiger partial charge in [-0.25, -0.2) is 0 Å². The zero-order valence-electron chi connectivity index (χ0n) is 11.4. The molecule has 1 aliphatic rings. The monoisotopic (exact) mass is 285 g/mol. The smallest absolute Gasteiger partial charge is 0.278 e. The first-order valence-corrected chi connectivity index (χ1v) is 6.99. The van der Waals surface area contributed by atoms with E-state index in [2.05, 4.69) is 5.10 Å². The Morgan fingerprint density at radius 3 is 2.67 bits per heavy atom. The first kappa shape index (κ1) is 13.5. The molecule has 0 bridgehead atoms. The summed E-state index contributed by atoms with van der Waals surface area (Å²) in [5.41, 5.74) is 1.15. The summed E-state index contributed by atoms with van der Waals surface area (Å²) in [5.74, 6) is 0. The molecule has 1 aromatic carbocycles. The van der Waals surface area contributed by atoms with Crippen molar-refractivity contribution in [3.63, 3.8) is 0 Å². The molecule has 6 nitrogen and oxygen atoms in total. The van der Waals surface area contributed by atoms with Gasteiger partial charge in [0.2, 0.25) is 0 Å². The summed E-state index contributed by atoms with van der Waals surface area (Å²) in [7, 11) is 0. The fourth-order valence-corrected chi connectivity index (χ4v) is 2.89. The third-order valence-electron chi connectivity index (χ3n) is 3.94. The second-order valence-corrected chi connectivity index (χ2v) is 5.24. The Kier molecular flexibility index (Phi) is 3.51. The van der Waals surface area contributed by atoms with Gasteiger partial charge in [-0.3, -0.25) is 19.6 Å². The zero-order chi connectivity index (χ0) is 14.8. The average Bonchev–Trinajstić information content (AvgIpc) is 3.16. The van der Waals surface area contributed by atoms with Crippen molar-refractivity contribution >= 4 is 12.0 Å². The number of carbonyl (C=O) groups is 1. The molecule has 0 atom stereocenters. The summed E-state index contributed by atoms with van der Waals surface area (Å²) in [6, 6.07) is 6.67. The van der Waals surface area contributed by atoms with E-state index < -0.39 is 4.92 Å². The normalized spacial score (nSPS) is 15.2. The molecule has 1 heterocycles. The summed E-state index contributed by atoms with van der Waals surface area (Å²) in [6.07, 6.45) is 6.80. The molecule has 108 valence electrons. The molecule has 0 saturated heterocycles. The summed E-state index contributed by atoms with van der Waals surface area (Å²) < 4.78 is 1.79. The molecule has 0 N–H and O–H groups in total. The maximum atomic E-state index is 11.3. The van der Waals surface area contributed by atoms with Crippen LogP contribution in [0.4, 0.5) is 5.69 Å². The third kappa shape index (κ3) is 2.44. The molecule has 21 heavy (non-hydrogen) atoms. The minimum atomic E-state index is -0.446. The van der Waals surface area contributed by atoms with E-state index in [4.69, 9.17) is 0 Å². The zero-order valence-corrected chi connectivity index (χ0v) is 11.4. The van der Waals surface area contributed by atoms with Crippen LogP contribution in [0.3, 0.4) is 0 Å². The molecule has 0 spiro atoms. The van der Waals surface area contributed by atoms with E-state index in [1.807, 2.05) is 0 Å². The summed E-state index contributed by atoms with van der Waals surface area (Å²) in [6.45, 7) is 0. The molecule has 0 unspecified atom stereocenters. The number of carbonyl (C=O) groups excluding carboxylic acids is 1. The largest absolute Gasteiger partial charge is 0.298 e. The highest BCUT2D eigenvalue weighted by molar-refractivity contribution is 5.88. The lowest BCUT2D eigenvalue weighted by molar-refractivity contribution is -0.384. The number of hydrogen-bond donors (Lipinski definition) is 0. The highest BCUT2D eigenvalue weighted by atomic mass is 16.6. The fourth-order valence-electron chi connectivity index (χ4n) is 2.89. The topological polar surface area (TPSA) is 78.0 Å². The van der Waals surface area contributed by atoms with Gasteiger partial charge in [-0.1, -0.05) is 25.0 Å². The van der Waals surface area contributed by atoms with E-state index in [1.165, 1.54) is 6.07 Å². The van der Waals surface area contributed by atoms with Gasteiger partial charge in [-0.15, -0.1) is 0 Å². The van der Waals surface area contributed by atoms with Crippen molar-refractivity contribution in [2.24, 2.45) is 0 Å². The van der Waals surface area contributed by atoms with E-state index in [9.17, 15) is 14.9 Å². The van der Waals surface area contributed by atoms with Crippen molar-refractivity contribution in [3.05, 3.63) is 46.1 Å². The lowest BCUT2D eigenvalue weighted by Crippen LogP contribution is -2.05. The van der Waals surface area contributed by atoms with Gasteiger partial charge in [0.15, 0.2) is 6.29 Å². The Morgan fingerprint density at radius 1 is 1.29 bits per heavy atom. The standard InChI is InChI=1S/C15H15N3O3/c19-10-11-9-17(12-5-1-2-6-12)16-15(11)13-7-3-4-8-14(13)18(20)21/h3-4,7-10,12H,1-2,5-6H2. The van der Waals surface area contributed by atoms with E-state index in [-0.39, 0.29) is 5.69 Å². The van der Waals surface area contributed by atoms with Gasteiger partial charge in [-0.05, 0) is 18.9 Å². The quantitative estimate of drug-likeness (QED) is 0.490. The van der Waals surface area contributed by atoms with Gasteiger partial charge in [0.25, 0.3) is 5.69 Å². The lowest BCUT2D eigenvalue weighted by Gasteiger charge is -2.08. The molecule has 1 aromatic heterocycles. The van der Waals surface area contributed by atoms with Gasteiger partial charge >= 0.3 is 0 Å². The molecule has 0 aliphatic heterocycles. The van der Waals surface area contributed by atoms with E-state index in [0.29, 0.717) is 29.1 Å². The number of rotatable bonds is 4. The van der Waals surface area contributed by atoms with Crippen LogP contribution in [0.1, 0.15) is 42.1 Å². The van der Waals surface area contributed by atoms with Crippen LogP contribution in [-0.2, 0) is 0 Å². The van der Waals surface area contributed by atoms with Crippen LogP contribution in [0.2, 0.25) is 0 Å². The van der Waals surface area contributed by atoms with Crippen molar-refractivity contribution in [1.82, 2.24) is 9.78 Å². The molecule has 1 fully saturated rings. The molecule has 1 aliphatic carbocycles. The van der Waals surface area contributed by atoms with Crippen LogP contribution in [0, 0.1) is 10.1 Å². The first-order valence-electron chi connectivity index (χ1n) is 6.99. The van der Waals surface area contributed by atoms with Gasteiger partial charge in [0, 0.05) is 12.3 Å². The Labute approximate surface area is 121 Å². The van der Waals surface area contributed by atoms with Crippen molar-refractivity contribution in [2.75, 3.05) is 0 Å². The lowest BCUT2D eigenvalue weighted by atomic mass is 10.1. The van der Waals surface area contributed by atoms with Crippen molar-refractivity contribution in [2.45, 2.75) is 31.7 Å². The summed E-state index contributed by atoms with van der Waals surface area (Å²) >= 11 is 0. The number of aromatic nitrogens is 2.